The van der Waals surface area contributed by atoms with Crippen molar-refractivity contribution in [3.63, 3.8) is 0 Å². The first-order chi connectivity index (χ1) is 19.1. The molecular weight excluding hydrogens is 569 g/mol. The Kier molecular flexibility index (Phi) is 6.70. The van der Waals surface area contributed by atoms with E-state index in [1.165, 1.54) is 36.4 Å². The van der Waals surface area contributed by atoms with Crippen molar-refractivity contribution in [1.82, 2.24) is 19.5 Å². The van der Waals surface area contributed by atoms with Gasteiger partial charge in [-0.15, -0.1) is 0 Å². The molecule has 1 saturated carbocycles. The number of fused-ring (bicyclic) bond motifs is 2. The van der Waals surface area contributed by atoms with Crippen molar-refractivity contribution in [2.75, 3.05) is 5.32 Å². The monoisotopic (exact) mass is 589 g/mol. The molecule has 0 bridgehead atoms. The van der Waals surface area contributed by atoms with Crippen molar-refractivity contribution in [3.8, 4) is 11.4 Å². The maximum Gasteiger partial charge on any atom is 0.416 e. The minimum absolute atomic E-state index is 0.0173. The number of alkyl halides is 3. The molecule has 6 rings (SSSR count). The number of benzene rings is 3. The lowest BCUT2D eigenvalue weighted by molar-refractivity contribution is -0.137. The number of halogens is 6. The number of imidazole rings is 2. The molecule has 0 atom stereocenters. The van der Waals surface area contributed by atoms with Gasteiger partial charge >= 0.3 is 6.18 Å². The fourth-order valence-electron chi connectivity index (χ4n) is 5.29. The Morgan fingerprint density at radius 1 is 0.975 bits per heavy atom. The Morgan fingerprint density at radius 3 is 2.48 bits per heavy atom. The molecule has 5 aromatic rings. The maximum atomic E-state index is 14.5. The normalized spacial score (nSPS) is 14.8. The van der Waals surface area contributed by atoms with E-state index in [1.807, 2.05) is 4.57 Å². The molecule has 2 heterocycles. The summed E-state index contributed by atoms with van der Waals surface area (Å²) in [5.74, 6) is -0.836. The van der Waals surface area contributed by atoms with Crippen LogP contribution in [-0.4, -0.2) is 25.4 Å². The zero-order valence-electron chi connectivity index (χ0n) is 20.7. The highest BCUT2D eigenvalue weighted by molar-refractivity contribution is 6.36. The van der Waals surface area contributed by atoms with Crippen molar-refractivity contribution >= 4 is 57.1 Å². The molecule has 1 amide bonds. The highest BCUT2D eigenvalue weighted by Gasteiger charge is 2.32. The highest BCUT2D eigenvalue weighted by atomic mass is 35.5. The van der Waals surface area contributed by atoms with E-state index in [9.17, 15) is 22.4 Å². The summed E-state index contributed by atoms with van der Waals surface area (Å²) in [6, 6.07) is 10.6. The van der Waals surface area contributed by atoms with E-state index in [4.69, 9.17) is 23.2 Å². The van der Waals surface area contributed by atoms with Gasteiger partial charge in [0.15, 0.2) is 0 Å². The Bertz CT molecular complexity index is 1750. The summed E-state index contributed by atoms with van der Waals surface area (Å²) in [5.41, 5.74) is 0.762. The van der Waals surface area contributed by atoms with Crippen LogP contribution in [-0.2, 0) is 6.18 Å². The lowest BCUT2D eigenvalue weighted by atomic mass is 9.95. The zero-order chi connectivity index (χ0) is 28.2. The number of nitrogens with zero attached hydrogens (tertiary/aromatic N) is 3. The molecule has 40 heavy (non-hydrogen) atoms. The first kappa shape index (κ1) is 26.6. The van der Waals surface area contributed by atoms with Crippen LogP contribution < -0.4 is 5.32 Å². The highest BCUT2D eigenvalue weighted by Crippen LogP contribution is 2.38. The largest absolute Gasteiger partial charge is 0.416 e. The quantitative estimate of drug-likeness (QED) is 0.206. The van der Waals surface area contributed by atoms with Crippen LogP contribution in [0.4, 0.5) is 23.5 Å². The molecule has 2 aromatic heterocycles. The van der Waals surface area contributed by atoms with E-state index in [2.05, 4.69) is 20.3 Å². The van der Waals surface area contributed by atoms with Crippen LogP contribution >= 0.6 is 23.2 Å². The Balaban J connectivity index is 1.39. The summed E-state index contributed by atoms with van der Waals surface area (Å²) >= 11 is 12.6. The average Bonchev–Trinajstić information content (AvgIpc) is 3.49. The Labute approximate surface area is 235 Å². The van der Waals surface area contributed by atoms with E-state index in [-0.39, 0.29) is 44.5 Å². The van der Waals surface area contributed by atoms with Gasteiger partial charge in [-0.3, -0.25) is 10.1 Å². The molecule has 6 nitrogen and oxygen atoms in total. The summed E-state index contributed by atoms with van der Waals surface area (Å²) in [7, 11) is 0. The molecular formula is C28H21Cl2F4N5O. The smallest absolute Gasteiger partial charge is 0.337 e. The van der Waals surface area contributed by atoms with Crippen LogP contribution in [0.2, 0.25) is 10.0 Å². The molecule has 2 N–H and O–H groups in total. The summed E-state index contributed by atoms with van der Waals surface area (Å²) in [5, 5.41) is 3.10. The van der Waals surface area contributed by atoms with Crippen LogP contribution in [0.25, 0.3) is 33.5 Å². The Hall–Kier alpha value is -3.63. The SMILES string of the molecule is O=C(Nc1nc2cc(C(F)(F)F)ccc2n1C1CCCCC1)c1cc(Cl)c2[nH]c(-c3c(F)cccc3Cl)nc2c1. The fourth-order valence-corrected chi connectivity index (χ4v) is 5.80. The lowest BCUT2D eigenvalue weighted by Crippen LogP contribution is -2.20. The van der Waals surface area contributed by atoms with Crippen LogP contribution in [0, 0.1) is 5.82 Å². The summed E-state index contributed by atoms with van der Waals surface area (Å²) < 4.78 is 56.4. The van der Waals surface area contributed by atoms with Gasteiger partial charge in [0.25, 0.3) is 5.91 Å². The number of nitrogens with one attached hydrogen (secondary N) is 2. The first-order valence-corrected chi connectivity index (χ1v) is 13.4. The number of carbonyl (C=O) groups is 1. The number of aromatic nitrogens is 4. The number of carbonyl (C=O) groups excluding carboxylic acids is 1. The maximum absolute atomic E-state index is 14.5. The van der Waals surface area contributed by atoms with Gasteiger partial charge in [0.05, 0.1) is 43.2 Å². The van der Waals surface area contributed by atoms with Crippen LogP contribution in [0.3, 0.4) is 0 Å². The van der Waals surface area contributed by atoms with Crippen LogP contribution in [0.1, 0.15) is 54.1 Å². The molecule has 0 spiro atoms. The third-order valence-electron chi connectivity index (χ3n) is 7.19. The van der Waals surface area contributed by atoms with Gasteiger partial charge in [0, 0.05) is 11.6 Å². The molecule has 206 valence electrons. The van der Waals surface area contributed by atoms with Gasteiger partial charge in [-0.2, -0.15) is 13.2 Å². The van der Waals surface area contributed by atoms with Gasteiger partial charge in [0.2, 0.25) is 5.95 Å². The topological polar surface area (TPSA) is 75.6 Å². The number of hydrogen-bond acceptors (Lipinski definition) is 3. The third-order valence-corrected chi connectivity index (χ3v) is 7.80. The van der Waals surface area contributed by atoms with Crippen LogP contribution in [0.5, 0.6) is 0 Å². The average molecular weight is 590 g/mol. The van der Waals surface area contributed by atoms with Gasteiger partial charge < -0.3 is 9.55 Å². The molecule has 12 heteroatoms. The fraction of sp³-hybridized carbons (Fsp3) is 0.250. The molecule has 3 aromatic carbocycles. The van der Waals surface area contributed by atoms with E-state index < -0.39 is 23.5 Å². The second-order valence-corrected chi connectivity index (χ2v) is 10.6. The standard InChI is InChI=1S/C28H21Cl2F4N5O/c29-17-7-4-8-19(31)23(17)25-35-21-12-14(11-18(30)24(21)37-25)26(40)38-27-36-20-13-15(28(32,33)34)9-10-22(20)39(27)16-5-2-1-3-6-16/h4,7-13,16H,1-3,5-6H2,(H,35,37)(H,36,38,40). The summed E-state index contributed by atoms with van der Waals surface area (Å²) in [6.45, 7) is 0. The van der Waals surface area contributed by atoms with E-state index >= 15 is 0 Å². The lowest BCUT2D eigenvalue weighted by Gasteiger charge is -2.25. The predicted molar refractivity (Wildman–Crippen MR) is 146 cm³/mol. The number of H-pyrrole nitrogens is 1. The second kappa shape index (κ2) is 10.1. The third kappa shape index (κ3) is 4.79. The molecule has 1 aliphatic carbocycles. The minimum Gasteiger partial charge on any atom is -0.337 e. The zero-order valence-corrected chi connectivity index (χ0v) is 22.3. The Morgan fingerprint density at radius 2 is 1.75 bits per heavy atom. The number of hydrogen-bond donors (Lipinski definition) is 2. The number of amides is 1. The van der Waals surface area contributed by atoms with E-state index in [1.54, 1.807) is 0 Å². The second-order valence-electron chi connectivity index (χ2n) is 9.79. The van der Waals surface area contributed by atoms with Gasteiger partial charge in [-0.1, -0.05) is 48.5 Å². The van der Waals surface area contributed by atoms with Crippen molar-refractivity contribution in [2.45, 2.75) is 44.3 Å². The van der Waals surface area contributed by atoms with Crippen molar-refractivity contribution in [1.29, 1.82) is 0 Å². The number of aromatic amines is 1. The van der Waals surface area contributed by atoms with Gasteiger partial charge in [0.1, 0.15) is 11.6 Å². The van der Waals surface area contributed by atoms with E-state index in [0.717, 1.165) is 44.2 Å². The molecule has 0 aliphatic heterocycles. The number of rotatable bonds is 4. The molecule has 1 fully saturated rings. The van der Waals surface area contributed by atoms with Gasteiger partial charge in [-0.05, 0) is 55.3 Å². The van der Waals surface area contributed by atoms with Gasteiger partial charge in [-0.25, -0.2) is 14.4 Å². The molecule has 0 saturated heterocycles. The van der Waals surface area contributed by atoms with Crippen LogP contribution in [0.15, 0.2) is 48.5 Å². The van der Waals surface area contributed by atoms with Crippen molar-refractivity contribution in [2.24, 2.45) is 0 Å². The molecule has 0 unspecified atom stereocenters. The van der Waals surface area contributed by atoms with Crippen molar-refractivity contribution in [3.05, 3.63) is 75.5 Å². The predicted octanol–water partition coefficient (Wildman–Crippen LogP) is 8.80. The summed E-state index contributed by atoms with van der Waals surface area (Å²) in [6.07, 6.45) is 0.138. The molecule has 0 radical (unpaired) electrons. The van der Waals surface area contributed by atoms with Crippen molar-refractivity contribution < 1.29 is 22.4 Å². The molecule has 1 aliphatic rings. The minimum atomic E-state index is -4.52. The van der Waals surface area contributed by atoms with E-state index in [0.29, 0.717) is 16.6 Å². The first-order valence-electron chi connectivity index (χ1n) is 12.6. The number of anilines is 1. The summed E-state index contributed by atoms with van der Waals surface area (Å²) in [4.78, 5) is 25.2.